The quantitative estimate of drug-likeness (QED) is 0.427. The van der Waals surface area contributed by atoms with E-state index in [0.717, 1.165) is 6.92 Å². The van der Waals surface area contributed by atoms with Crippen LogP contribution in [0.4, 0.5) is 20.2 Å². The van der Waals surface area contributed by atoms with Gasteiger partial charge < -0.3 is 10.4 Å². The molecule has 2 aromatic rings. The number of aliphatic hydroxyl groups excluding tert-OH is 1. The number of alkyl halides is 2. The number of halogens is 3. The number of nitrogens with one attached hydrogen (secondary N) is 1. The topological polar surface area (TPSA) is 64.9 Å². The van der Waals surface area contributed by atoms with Gasteiger partial charge >= 0.3 is 0 Å². The van der Waals surface area contributed by atoms with Crippen molar-refractivity contribution in [2.24, 2.45) is 4.99 Å². The second-order valence-electron chi connectivity index (χ2n) is 5.77. The second kappa shape index (κ2) is 8.92. The van der Waals surface area contributed by atoms with Crippen LogP contribution >= 0.6 is 11.6 Å². The molecule has 2 aromatic carbocycles. The number of carbonyl (C=O) groups is 1. The van der Waals surface area contributed by atoms with Crippen LogP contribution < -0.4 is 10.2 Å². The van der Waals surface area contributed by atoms with E-state index in [1.54, 1.807) is 24.3 Å². The van der Waals surface area contributed by atoms with Crippen molar-refractivity contribution in [3.8, 4) is 0 Å². The Hall–Kier alpha value is -2.51. The molecule has 0 fully saturated rings. The first-order valence-electron chi connectivity index (χ1n) is 8.16. The molecule has 0 aliphatic rings. The Bertz CT molecular complexity index is 838. The molecule has 0 saturated carbocycles. The summed E-state index contributed by atoms with van der Waals surface area (Å²) in [5, 5.41) is 12.3. The Balaban J connectivity index is 2.68. The van der Waals surface area contributed by atoms with Crippen molar-refractivity contribution in [2.75, 3.05) is 25.1 Å². The van der Waals surface area contributed by atoms with Gasteiger partial charge in [0.1, 0.15) is 5.84 Å². The Labute approximate surface area is 161 Å². The second-order valence-corrected chi connectivity index (χ2v) is 6.18. The third-order valence-electron chi connectivity index (χ3n) is 3.86. The van der Waals surface area contributed by atoms with E-state index >= 15 is 0 Å². The molecule has 5 nitrogen and oxygen atoms in total. The van der Waals surface area contributed by atoms with Crippen LogP contribution in [0.25, 0.3) is 0 Å². The maximum absolute atomic E-state index is 13.9. The SMILES string of the molecule is CN=C(NCCO)c1ccc(C(C)(F)F)cc1N(C=O)c1ccccc1Cl. The molecule has 0 spiro atoms. The molecule has 0 aliphatic heterocycles. The summed E-state index contributed by atoms with van der Waals surface area (Å²) in [7, 11) is 1.52. The van der Waals surface area contributed by atoms with Gasteiger partial charge in [0.05, 0.1) is 23.0 Å². The molecule has 0 aromatic heterocycles. The van der Waals surface area contributed by atoms with Gasteiger partial charge in [0.15, 0.2) is 0 Å². The summed E-state index contributed by atoms with van der Waals surface area (Å²) in [6, 6.07) is 10.6. The van der Waals surface area contributed by atoms with Crippen molar-refractivity contribution in [2.45, 2.75) is 12.8 Å². The summed E-state index contributed by atoms with van der Waals surface area (Å²) < 4.78 is 27.8. The lowest BCUT2D eigenvalue weighted by molar-refractivity contribution is -0.106. The van der Waals surface area contributed by atoms with Gasteiger partial charge in [-0.2, -0.15) is 0 Å². The van der Waals surface area contributed by atoms with Gasteiger partial charge in [-0.1, -0.05) is 29.8 Å². The van der Waals surface area contributed by atoms with E-state index in [1.165, 1.54) is 30.1 Å². The van der Waals surface area contributed by atoms with Crippen LogP contribution in [0.1, 0.15) is 18.1 Å². The largest absolute Gasteiger partial charge is 0.395 e. The van der Waals surface area contributed by atoms with E-state index in [2.05, 4.69) is 10.3 Å². The first kappa shape index (κ1) is 20.8. The summed E-state index contributed by atoms with van der Waals surface area (Å²) in [4.78, 5) is 17.2. The molecule has 1 amide bonds. The molecule has 144 valence electrons. The maximum Gasteiger partial charge on any atom is 0.270 e. The van der Waals surface area contributed by atoms with Crippen LogP contribution in [0.15, 0.2) is 47.5 Å². The highest BCUT2D eigenvalue weighted by molar-refractivity contribution is 6.34. The number of rotatable bonds is 7. The van der Waals surface area contributed by atoms with Gasteiger partial charge in [-0.15, -0.1) is 0 Å². The Kier molecular flexibility index (Phi) is 6.87. The minimum Gasteiger partial charge on any atom is -0.395 e. The molecule has 0 unspecified atom stereocenters. The van der Waals surface area contributed by atoms with Gasteiger partial charge in [0.2, 0.25) is 6.41 Å². The van der Waals surface area contributed by atoms with E-state index in [1.807, 2.05) is 0 Å². The van der Waals surface area contributed by atoms with Crippen molar-refractivity contribution in [1.29, 1.82) is 0 Å². The number of anilines is 2. The number of hydrogen-bond acceptors (Lipinski definition) is 3. The third kappa shape index (κ3) is 4.81. The third-order valence-corrected chi connectivity index (χ3v) is 4.18. The zero-order valence-corrected chi connectivity index (χ0v) is 15.7. The Morgan fingerprint density at radius 1 is 1.30 bits per heavy atom. The van der Waals surface area contributed by atoms with Gasteiger partial charge in [-0.25, -0.2) is 8.78 Å². The highest BCUT2D eigenvalue weighted by Gasteiger charge is 2.27. The fourth-order valence-electron chi connectivity index (χ4n) is 2.56. The summed E-state index contributed by atoms with van der Waals surface area (Å²) in [5.41, 5.74) is 0.719. The molecule has 2 N–H and O–H groups in total. The Morgan fingerprint density at radius 3 is 2.56 bits per heavy atom. The fourth-order valence-corrected chi connectivity index (χ4v) is 2.79. The van der Waals surface area contributed by atoms with Crippen LogP contribution in [0.3, 0.4) is 0 Å². The minimum atomic E-state index is -3.09. The van der Waals surface area contributed by atoms with Crippen LogP contribution in [0.2, 0.25) is 5.02 Å². The molecule has 27 heavy (non-hydrogen) atoms. The molecule has 8 heteroatoms. The highest BCUT2D eigenvalue weighted by Crippen LogP contribution is 2.36. The van der Waals surface area contributed by atoms with E-state index in [4.69, 9.17) is 16.7 Å². The fraction of sp³-hybridized carbons (Fsp3) is 0.263. The number of aliphatic hydroxyl groups is 1. The van der Waals surface area contributed by atoms with Crippen LogP contribution in [-0.4, -0.2) is 37.6 Å². The lowest BCUT2D eigenvalue weighted by Crippen LogP contribution is -2.30. The zero-order valence-electron chi connectivity index (χ0n) is 14.9. The number of benzene rings is 2. The summed E-state index contributed by atoms with van der Waals surface area (Å²) in [5.74, 6) is -2.74. The molecule has 0 radical (unpaired) electrons. The molecule has 2 rings (SSSR count). The predicted octanol–water partition coefficient (Wildman–Crippen LogP) is 3.70. The number of hydrogen-bond donors (Lipinski definition) is 2. The average molecular weight is 396 g/mol. The lowest BCUT2D eigenvalue weighted by Gasteiger charge is -2.24. The molecule has 0 atom stereocenters. The molecular weight excluding hydrogens is 376 g/mol. The van der Waals surface area contributed by atoms with Crippen molar-refractivity contribution in [1.82, 2.24) is 5.32 Å². The molecule has 0 heterocycles. The number of nitrogens with zero attached hydrogens (tertiary/aromatic N) is 2. The number of amides is 1. The first-order chi connectivity index (χ1) is 12.8. The number of aliphatic imine (C=N–C) groups is 1. The molecule has 0 bridgehead atoms. The standard InChI is InChI=1S/C19H20ClF2N3O2/c1-19(21,22)13-7-8-14(18(23-2)24-9-10-26)17(11-13)25(12-27)16-6-4-3-5-15(16)20/h3-8,11-12,26H,9-10H2,1-2H3,(H,23,24). The molecule has 0 aliphatic carbocycles. The van der Waals surface area contributed by atoms with Crippen molar-refractivity contribution in [3.05, 3.63) is 58.6 Å². The van der Waals surface area contributed by atoms with Gasteiger partial charge in [0, 0.05) is 31.6 Å². The summed E-state index contributed by atoms with van der Waals surface area (Å²) in [6.45, 7) is 0.859. The normalized spacial score (nSPS) is 12.0. The van der Waals surface area contributed by atoms with Crippen LogP contribution in [-0.2, 0) is 10.7 Å². The molecule has 0 saturated heterocycles. The van der Waals surface area contributed by atoms with E-state index in [9.17, 15) is 13.6 Å². The summed E-state index contributed by atoms with van der Waals surface area (Å²) in [6.07, 6.45) is 0.511. The van der Waals surface area contributed by atoms with Gasteiger partial charge in [-0.05, 0) is 24.3 Å². The number of para-hydroxylation sites is 1. The van der Waals surface area contributed by atoms with Crippen molar-refractivity contribution >= 4 is 35.2 Å². The number of carbonyl (C=O) groups excluding carboxylic acids is 1. The van der Waals surface area contributed by atoms with Crippen LogP contribution in [0, 0.1) is 0 Å². The minimum absolute atomic E-state index is 0.138. The Morgan fingerprint density at radius 2 is 2.00 bits per heavy atom. The van der Waals surface area contributed by atoms with E-state index in [-0.39, 0.29) is 24.4 Å². The maximum atomic E-state index is 13.9. The lowest BCUT2D eigenvalue weighted by atomic mass is 10.0. The highest BCUT2D eigenvalue weighted by atomic mass is 35.5. The van der Waals surface area contributed by atoms with Gasteiger partial charge in [0.25, 0.3) is 5.92 Å². The first-order valence-corrected chi connectivity index (χ1v) is 8.54. The van der Waals surface area contributed by atoms with Gasteiger partial charge in [-0.3, -0.25) is 14.7 Å². The molecular formula is C19H20ClF2N3O2. The van der Waals surface area contributed by atoms with E-state index in [0.29, 0.717) is 28.5 Å². The van der Waals surface area contributed by atoms with Crippen molar-refractivity contribution < 1.29 is 18.7 Å². The predicted molar refractivity (Wildman–Crippen MR) is 103 cm³/mol. The number of amidine groups is 1. The van der Waals surface area contributed by atoms with Crippen molar-refractivity contribution in [3.63, 3.8) is 0 Å². The zero-order chi connectivity index (χ0) is 20.0. The van der Waals surface area contributed by atoms with E-state index < -0.39 is 5.92 Å². The summed E-state index contributed by atoms with van der Waals surface area (Å²) >= 11 is 6.20. The monoisotopic (exact) mass is 395 g/mol. The van der Waals surface area contributed by atoms with Crippen LogP contribution in [0.5, 0.6) is 0 Å². The average Bonchev–Trinajstić information content (AvgIpc) is 2.64. The smallest absolute Gasteiger partial charge is 0.270 e.